The van der Waals surface area contributed by atoms with E-state index in [1.807, 2.05) is 36.4 Å². The van der Waals surface area contributed by atoms with Crippen molar-refractivity contribution in [3.05, 3.63) is 42.0 Å². The largest absolute Gasteiger partial charge is 0.348 e. The maximum atomic E-state index is 12.5. The Morgan fingerprint density at radius 1 is 1.24 bits per heavy atom. The zero-order chi connectivity index (χ0) is 14.4. The molecule has 2 aliphatic heterocycles. The van der Waals surface area contributed by atoms with Gasteiger partial charge in [-0.25, -0.2) is 0 Å². The molecule has 2 N–H and O–H groups in total. The Kier molecular flexibility index (Phi) is 3.16. The summed E-state index contributed by atoms with van der Waals surface area (Å²) in [5.41, 5.74) is 0.715. The summed E-state index contributed by atoms with van der Waals surface area (Å²) in [6, 6.07) is 13.1. The molecule has 0 spiro atoms. The Balaban J connectivity index is 1.58. The van der Waals surface area contributed by atoms with Crippen molar-refractivity contribution in [1.29, 1.82) is 0 Å². The molecule has 0 aromatic heterocycles. The summed E-state index contributed by atoms with van der Waals surface area (Å²) in [5, 5.41) is 8.87. The molecule has 0 radical (unpaired) electrons. The molecule has 3 atom stereocenters. The highest BCUT2D eigenvalue weighted by atomic mass is 32.1. The predicted octanol–water partition coefficient (Wildman–Crippen LogP) is 2.75. The zero-order valence-electron chi connectivity index (χ0n) is 11.7. The maximum Gasteiger partial charge on any atom is 0.251 e. The van der Waals surface area contributed by atoms with Crippen molar-refractivity contribution in [3.63, 3.8) is 0 Å². The summed E-state index contributed by atoms with van der Waals surface area (Å²) < 4.78 is 0. The molecular formula is C17H18N2OS. The third-order valence-electron chi connectivity index (χ3n) is 4.74. The molecule has 0 saturated carbocycles. The van der Waals surface area contributed by atoms with Gasteiger partial charge in [-0.1, -0.05) is 18.2 Å². The van der Waals surface area contributed by atoms with Crippen LogP contribution in [0.3, 0.4) is 0 Å². The number of amides is 1. The fourth-order valence-electron chi connectivity index (χ4n) is 3.63. The number of hydrogen-bond acceptors (Lipinski definition) is 3. The number of nitrogens with one attached hydrogen (secondary N) is 2. The highest BCUT2D eigenvalue weighted by molar-refractivity contribution is 7.80. The minimum atomic E-state index is 0.0211. The summed E-state index contributed by atoms with van der Waals surface area (Å²) >= 11 is 4.48. The van der Waals surface area contributed by atoms with Crippen molar-refractivity contribution in [3.8, 4) is 0 Å². The van der Waals surface area contributed by atoms with E-state index in [9.17, 15) is 4.79 Å². The van der Waals surface area contributed by atoms with Gasteiger partial charge in [-0.05, 0) is 48.2 Å². The second-order valence-electron chi connectivity index (χ2n) is 6.08. The molecule has 2 aliphatic rings. The Bertz CT molecular complexity index is 715. The molecule has 0 aliphatic carbocycles. The molecule has 3 unspecified atom stereocenters. The van der Waals surface area contributed by atoms with E-state index in [4.69, 9.17) is 0 Å². The van der Waals surface area contributed by atoms with E-state index in [2.05, 4.69) is 23.3 Å². The van der Waals surface area contributed by atoms with Crippen LogP contribution in [0.4, 0.5) is 0 Å². The lowest BCUT2D eigenvalue weighted by atomic mass is 9.95. The molecule has 4 rings (SSSR count). The lowest BCUT2D eigenvalue weighted by molar-refractivity contribution is 0.0931. The molecule has 2 fully saturated rings. The predicted molar refractivity (Wildman–Crippen MR) is 87.0 cm³/mol. The quantitative estimate of drug-likeness (QED) is 0.746. The third kappa shape index (κ3) is 2.32. The van der Waals surface area contributed by atoms with Crippen LogP contribution in [0, 0.1) is 0 Å². The van der Waals surface area contributed by atoms with Crippen LogP contribution in [-0.2, 0) is 0 Å². The summed E-state index contributed by atoms with van der Waals surface area (Å²) in [5.74, 6) is 0.0211. The van der Waals surface area contributed by atoms with E-state index in [-0.39, 0.29) is 11.9 Å². The molecule has 21 heavy (non-hydrogen) atoms. The standard InChI is InChI=1S/C17H18N2OS/c20-17(19-15-9-12-6-7-14(15)18-12)11-5-4-10-2-1-3-16(21)13(10)8-11/h1-5,8,12,14-15,18,21H,6-7,9H2,(H,19,20). The topological polar surface area (TPSA) is 41.1 Å². The average molecular weight is 298 g/mol. The van der Waals surface area contributed by atoms with Crippen LogP contribution in [0.5, 0.6) is 0 Å². The number of carbonyl (C=O) groups is 1. The Hall–Kier alpha value is -1.52. The average Bonchev–Trinajstić information content (AvgIpc) is 3.10. The number of carbonyl (C=O) groups excluding carboxylic acids is 1. The van der Waals surface area contributed by atoms with Crippen molar-refractivity contribution in [1.82, 2.24) is 10.6 Å². The highest BCUT2D eigenvalue weighted by Gasteiger charge is 2.39. The maximum absolute atomic E-state index is 12.5. The number of rotatable bonds is 2. The summed E-state index contributed by atoms with van der Waals surface area (Å²) in [6.45, 7) is 0. The van der Waals surface area contributed by atoms with Gasteiger partial charge in [-0.3, -0.25) is 4.79 Å². The summed E-state index contributed by atoms with van der Waals surface area (Å²) in [4.78, 5) is 13.4. The lowest BCUT2D eigenvalue weighted by Gasteiger charge is -2.21. The van der Waals surface area contributed by atoms with E-state index in [1.165, 1.54) is 12.8 Å². The molecule has 108 valence electrons. The minimum absolute atomic E-state index is 0.0211. The number of benzene rings is 2. The van der Waals surface area contributed by atoms with Gasteiger partial charge in [0.25, 0.3) is 5.91 Å². The van der Waals surface area contributed by atoms with E-state index in [0.29, 0.717) is 17.6 Å². The molecule has 2 aromatic rings. The van der Waals surface area contributed by atoms with Gasteiger partial charge in [0.2, 0.25) is 0 Å². The van der Waals surface area contributed by atoms with Crippen LogP contribution < -0.4 is 10.6 Å². The first kappa shape index (κ1) is 13.2. The van der Waals surface area contributed by atoms with Gasteiger partial charge in [0.15, 0.2) is 0 Å². The van der Waals surface area contributed by atoms with Gasteiger partial charge in [-0.15, -0.1) is 12.6 Å². The SMILES string of the molecule is O=C(NC1CC2CCC1N2)c1ccc2cccc(S)c2c1. The van der Waals surface area contributed by atoms with Crippen LogP contribution in [-0.4, -0.2) is 24.0 Å². The molecule has 2 aromatic carbocycles. The van der Waals surface area contributed by atoms with E-state index in [1.54, 1.807) is 0 Å². The van der Waals surface area contributed by atoms with E-state index >= 15 is 0 Å². The summed E-state index contributed by atoms with van der Waals surface area (Å²) in [6.07, 6.45) is 3.48. The zero-order valence-corrected chi connectivity index (χ0v) is 12.6. The Morgan fingerprint density at radius 2 is 2.14 bits per heavy atom. The first-order valence-corrected chi connectivity index (χ1v) is 7.94. The van der Waals surface area contributed by atoms with Gasteiger partial charge in [0.1, 0.15) is 0 Å². The first-order chi connectivity index (χ1) is 10.2. The minimum Gasteiger partial charge on any atom is -0.348 e. The van der Waals surface area contributed by atoms with Gasteiger partial charge in [0, 0.05) is 28.6 Å². The molecule has 1 amide bonds. The smallest absolute Gasteiger partial charge is 0.251 e. The van der Waals surface area contributed by atoms with Crippen molar-refractivity contribution < 1.29 is 4.79 Å². The number of hydrogen-bond donors (Lipinski definition) is 3. The Labute approximate surface area is 129 Å². The van der Waals surface area contributed by atoms with Crippen LogP contribution in [0.1, 0.15) is 29.6 Å². The van der Waals surface area contributed by atoms with Crippen molar-refractivity contribution in [2.24, 2.45) is 0 Å². The van der Waals surface area contributed by atoms with Crippen molar-refractivity contribution in [2.75, 3.05) is 0 Å². The van der Waals surface area contributed by atoms with Gasteiger partial charge in [0.05, 0.1) is 0 Å². The first-order valence-electron chi connectivity index (χ1n) is 7.49. The normalized spacial score (nSPS) is 27.2. The third-order valence-corrected chi connectivity index (χ3v) is 5.13. The monoisotopic (exact) mass is 298 g/mol. The van der Waals surface area contributed by atoms with Crippen molar-refractivity contribution >= 4 is 29.3 Å². The second-order valence-corrected chi connectivity index (χ2v) is 6.56. The molecule has 2 heterocycles. The Morgan fingerprint density at radius 3 is 2.90 bits per heavy atom. The van der Waals surface area contributed by atoms with E-state index < -0.39 is 0 Å². The summed E-state index contributed by atoms with van der Waals surface area (Å²) in [7, 11) is 0. The number of fused-ring (bicyclic) bond motifs is 3. The molecule has 2 saturated heterocycles. The van der Waals surface area contributed by atoms with Crippen LogP contribution >= 0.6 is 12.6 Å². The van der Waals surface area contributed by atoms with Crippen LogP contribution in [0.25, 0.3) is 10.8 Å². The second kappa shape index (κ2) is 5.04. The molecule has 4 heteroatoms. The van der Waals surface area contributed by atoms with Crippen LogP contribution in [0.2, 0.25) is 0 Å². The number of thiol groups is 1. The lowest BCUT2D eigenvalue weighted by Crippen LogP contribution is -2.42. The molecular weight excluding hydrogens is 280 g/mol. The van der Waals surface area contributed by atoms with Crippen molar-refractivity contribution in [2.45, 2.75) is 42.3 Å². The molecule has 2 bridgehead atoms. The highest BCUT2D eigenvalue weighted by Crippen LogP contribution is 2.29. The molecule has 3 nitrogen and oxygen atoms in total. The van der Waals surface area contributed by atoms with Gasteiger partial charge >= 0.3 is 0 Å². The fourth-order valence-corrected chi connectivity index (χ4v) is 3.91. The fraction of sp³-hybridized carbons (Fsp3) is 0.353. The van der Waals surface area contributed by atoms with Gasteiger partial charge < -0.3 is 10.6 Å². The van der Waals surface area contributed by atoms with Gasteiger partial charge in [-0.2, -0.15) is 0 Å². The van der Waals surface area contributed by atoms with E-state index in [0.717, 1.165) is 22.1 Å². The van der Waals surface area contributed by atoms with Crippen LogP contribution in [0.15, 0.2) is 41.3 Å².